The number of carbonyl (C=O) groups excluding carboxylic acids is 1. The lowest BCUT2D eigenvalue weighted by Crippen LogP contribution is -2.41. The number of hydrogen-bond donors (Lipinski definition) is 2. The second-order valence-corrected chi connectivity index (χ2v) is 5.54. The lowest BCUT2D eigenvalue weighted by molar-refractivity contribution is 0.0939. The van der Waals surface area contributed by atoms with Gasteiger partial charge in [-0.3, -0.25) is 9.69 Å². The van der Waals surface area contributed by atoms with Crippen LogP contribution in [0.25, 0.3) is 0 Å². The van der Waals surface area contributed by atoms with Crippen LogP contribution in [0.5, 0.6) is 0 Å². The van der Waals surface area contributed by atoms with Crippen molar-refractivity contribution in [3.05, 3.63) is 35.4 Å². The van der Waals surface area contributed by atoms with E-state index in [1.165, 1.54) is 12.8 Å². The Kier molecular flexibility index (Phi) is 5.38. The Morgan fingerprint density at radius 3 is 2.67 bits per heavy atom. The van der Waals surface area contributed by atoms with Crippen molar-refractivity contribution in [1.29, 1.82) is 0 Å². The van der Waals surface area contributed by atoms with Crippen LogP contribution < -0.4 is 11.1 Å². The number of nitrogens with one attached hydrogen (secondary N) is 1. The normalized spacial score (nSPS) is 15.2. The van der Waals surface area contributed by atoms with Gasteiger partial charge >= 0.3 is 0 Å². The number of nitrogens with two attached hydrogens (primary N) is 1. The van der Waals surface area contributed by atoms with Crippen LogP contribution in [0.3, 0.4) is 0 Å². The number of nitrogens with zero attached hydrogens (tertiary/aromatic N) is 1. The first-order chi connectivity index (χ1) is 10.1. The van der Waals surface area contributed by atoms with Crippen molar-refractivity contribution in [2.45, 2.75) is 31.8 Å². The summed E-state index contributed by atoms with van der Waals surface area (Å²) in [5.74, 6) is 5.70. The summed E-state index contributed by atoms with van der Waals surface area (Å²) in [6.45, 7) is 3.15. The minimum atomic E-state index is -0.0376. The number of benzene rings is 1. The van der Waals surface area contributed by atoms with Crippen molar-refractivity contribution in [1.82, 2.24) is 10.2 Å². The molecule has 1 aliphatic rings. The third kappa shape index (κ3) is 4.59. The zero-order valence-electron chi connectivity index (χ0n) is 12.7. The molecule has 0 aliphatic heterocycles. The Labute approximate surface area is 126 Å². The van der Waals surface area contributed by atoms with Gasteiger partial charge in [-0.1, -0.05) is 11.8 Å². The maximum atomic E-state index is 12.1. The van der Waals surface area contributed by atoms with Crippen LogP contribution in [0, 0.1) is 11.8 Å². The Hall–Kier alpha value is -1.83. The highest BCUT2D eigenvalue weighted by Crippen LogP contribution is 2.26. The second-order valence-electron chi connectivity index (χ2n) is 5.54. The van der Waals surface area contributed by atoms with Gasteiger partial charge in [0.15, 0.2) is 0 Å². The van der Waals surface area contributed by atoms with Gasteiger partial charge in [0.1, 0.15) is 0 Å². The van der Waals surface area contributed by atoms with Crippen LogP contribution in [0.2, 0.25) is 0 Å². The van der Waals surface area contributed by atoms with Crippen LogP contribution in [-0.4, -0.2) is 43.0 Å². The van der Waals surface area contributed by atoms with Gasteiger partial charge in [0.25, 0.3) is 5.91 Å². The highest BCUT2D eigenvalue weighted by molar-refractivity contribution is 5.94. The van der Waals surface area contributed by atoms with Crippen molar-refractivity contribution in [3.63, 3.8) is 0 Å². The molecule has 1 aromatic carbocycles. The summed E-state index contributed by atoms with van der Waals surface area (Å²) in [5, 5.41) is 2.99. The van der Waals surface area contributed by atoms with Crippen LogP contribution in [-0.2, 0) is 0 Å². The maximum absolute atomic E-state index is 12.1. The molecule has 0 heterocycles. The summed E-state index contributed by atoms with van der Waals surface area (Å²) in [6, 6.07) is 8.35. The summed E-state index contributed by atoms with van der Waals surface area (Å²) in [6.07, 6.45) is 2.56. The van der Waals surface area contributed by atoms with E-state index >= 15 is 0 Å². The monoisotopic (exact) mass is 285 g/mol. The van der Waals surface area contributed by atoms with Gasteiger partial charge in [-0.15, -0.1) is 0 Å². The number of hydrogen-bond acceptors (Lipinski definition) is 3. The van der Waals surface area contributed by atoms with Crippen LogP contribution in [0.4, 0.5) is 0 Å². The molecular weight excluding hydrogens is 262 g/mol. The molecule has 0 bridgehead atoms. The molecule has 1 atom stereocenters. The van der Waals surface area contributed by atoms with Crippen molar-refractivity contribution < 1.29 is 4.79 Å². The van der Waals surface area contributed by atoms with Gasteiger partial charge in [0.2, 0.25) is 0 Å². The average molecular weight is 285 g/mol. The molecule has 1 fully saturated rings. The Morgan fingerprint density at radius 2 is 2.10 bits per heavy atom. The standard InChI is InChI=1S/C17H23N3O/c1-13(20(2)16-9-10-16)12-19-17(21)15-7-5-14(6-8-15)4-3-11-18/h5-8,13,16H,9-12,18H2,1-2H3,(H,19,21). The fourth-order valence-electron chi connectivity index (χ4n) is 2.19. The fraction of sp³-hybridized carbons (Fsp3) is 0.471. The summed E-state index contributed by atoms with van der Waals surface area (Å²) < 4.78 is 0. The number of rotatable bonds is 5. The molecule has 1 aromatic rings. The third-order valence-electron chi connectivity index (χ3n) is 3.86. The van der Waals surface area contributed by atoms with E-state index in [4.69, 9.17) is 5.73 Å². The minimum absolute atomic E-state index is 0.0376. The largest absolute Gasteiger partial charge is 0.350 e. The zero-order chi connectivity index (χ0) is 15.2. The van der Waals surface area contributed by atoms with E-state index in [0.717, 1.165) is 5.56 Å². The SMILES string of the molecule is CC(CNC(=O)c1ccc(C#CCN)cc1)N(C)C1CC1. The van der Waals surface area contributed by atoms with E-state index in [0.29, 0.717) is 30.7 Å². The topological polar surface area (TPSA) is 58.4 Å². The molecule has 4 heteroatoms. The van der Waals surface area contributed by atoms with Crippen LogP contribution in [0.15, 0.2) is 24.3 Å². The zero-order valence-corrected chi connectivity index (χ0v) is 12.7. The highest BCUT2D eigenvalue weighted by atomic mass is 16.1. The number of carbonyl (C=O) groups is 1. The Bertz CT molecular complexity index is 537. The maximum Gasteiger partial charge on any atom is 0.251 e. The van der Waals surface area contributed by atoms with Gasteiger partial charge in [0, 0.05) is 29.8 Å². The molecule has 3 N–H and O–H groups in total. The molecule has 1 saturated carbocycles. The van der Waals surface area contributed by atoms with E-state index < -0.39 is 0 Å². The first-order valence-electron chi connectivity index (χ1n) is 7.41. The molecule has 1 amide bonds. The molecule has 0 radical (unpaired) electrons. The molecule has 4 nitrogen and oxygen atoms in total. The predicted molar refractivity (Wildman–Crippen MR) is 85.0 cm³/mol. The molecule has 1 aliphatic carbocycles. The lowest BCUT2D eigenvalue weighted by atomic mass is 10.1. The highest BCUT2D eigenvalue weighted by Gasteiger charge is 2.29. The Balaban J connectivity index is 1.85. The van der Waals surface area contributed by atoms with E-state index in [-0.39, 0.29) is 5.91 Å². The smallest absolute Gasteiger partial charge is 0.251 e. The molecule has 0 aromatic heterocycles. The molecule has 2 rings (SSSR count). The molecule has 1 unspecified atom stereocenters. The Morgan fingerprint density at radius 1 is 1.43 bits per heavy atom. The molecular formula is C17H23N3O. The van der Waals surface area contributed by atoms with Crippen molar-refractivity contribution in [2.24, 2.45) is 5.73 Å². The summed E-state index contributed by atoms with van der Waals surface area (Å²) >= 11 is 0. The number of amides is 1. The molecule has 0 spiro atoms. The van der Waals surface area contributed by atoms with Crippen molar-refractivity contribution in [3.8, 4) is 11.8 Å². The van der Waals surface area contributed by atoms with E-state index in [2.05, 4.69) is 36.0 Å². The second kappa shape index (κ2) is 7.26. The van der Waals surface area contributed by atoms with Crippen LogP contribution in [0.1, 0.15) is 35.7 Å². The minimum Gasteiger partial charge on any atom is -0.350 e. The first-order valence-corrected chi connectivity index (χ1v) is 7.41. The third-order valence-corrected chi connectivity index (χ3v) is 3.86. The number of likely N-dealkylation sites (N-methyl/N-ethyl adjacent to an activating group) is 1. The molecule has 112 valence electrons. The lowest BCUT2D eigenvalue weighted by Gasteiger charge is -2.24. The van der Waals surface area contributed by atoms with Crippen molar-refractivity contribution in [2.75, 3.05) is 20.1 Å². The van der Waals surface area contributed by atoms with Gasteiger partial charge in [-0.2, -0.15) is 0 Å². The van der Waals surface area contributed by atoms with Crippen LogP contribution >= 0.6 is 0 Å². The summed E-state index contributed by atoms with van der Waals surface area (Å²) in [7, 11) is 2.12. The first kappa shape index (κ1) is 15.6. The molecule has 0 saturated heterocycles. The van der Waals surface area contributed by atoms with Gasteiger partial charge in [0.05, 0.1) is 6.54 Å². The summed E-state index contributed by atoms with van der Waals surface area (Å²) in [5.41, 5.74) is 6.87. The van der Waals surface area contributed by atoms with E-state index in [1.807, 2.05) is 12.1 Å². The predicted octanol–water partition coefficient (Wildman–Crippen LogP) is 1.21. The summed E-state index contributed by atoms with van der Waals surface area (Å²) in [4.78, 5) is 14.4. The van der Waals surface area contributed by atoms with Gasteiger partial charge < -0.3 is 11.1 Å². The quantitative estimate of drug-likeness (QED) is 0.800. The fourth-order valence-corrected chi connectivity index (χ4v) is 2.19. The molecule has 21 heavy (non-hydrogen) atoms. The van der Waals surface area contributed by atoms with Gasteiger partial charge in [-0.05, 0) is 51.1 Å². The van der Waals surface area contributed by atoms with E-state index in [1.54, 1.807) is 12.1 Å². The van der Waals surface area contributed by atoms with E-state index in [9.17, 15) is 4.79 Å². The van der Waals surface area contributed by atoms with Gasteiger partial charge in [-0.25, -0.2) is 0 Å². The average Bonchev–Trinajstić information content (AvgIpc) is 3.34. The van der Waals surface area contributed by atoms with Crippen molar-refractivity contribution >= 4 is 5.91 Å².